The summed E-state index contributed by atoms with van der Waals surface area (Å²) in [6.07, 6.45) is 1.32. The van der Waals surface area contributed by atoms with Gasteiger partial charge in [-0.2, -0.15) is 0 Å². The predicted molar refractivity (Wildman–Crippen MR) is 110 cm³/mol. The molecule has 1 fully saturated rings. The van der Waals surface area contributed by atoms with Crippen LogP contribution in [-0.2, 0) is 16.0 Å². The van der Waals surface area contributed by atoms with E-state index in [1.165, 1.54) is 0 Å². The number of nitrogens with zero attached hydrogens (tertiary/aromatic N) is 5. The van der Waals surface area contributed by atoms with E-state index >= 15 is 0 Å². The van der Waals surface area contributed by atoms with Gasteiger partial charge in [0.1, 0.15) is 11.5 Å². The van der Waals surface area contributed by atoms with Gasteiger partial charge in [-0.05, 0) is 20.3 Å². The van der Waals surface area contributed by atoms with Crippen molar-refractivity contribution in [2.24, 2.45) is 10.2 Å². The second-order valence-corrected chi connectivity index (χ2v) is 7.60. The molecule has 1 aromatic carbocycles. The van der Waals surface area contributed by atoms with Crippen LogP contribution in [0.5, 0.6) is 0 Å². The SMILES string of the molecule is Cc1noc(C)c1CCC(=O)N1CCN(C2=C(c3ccccc3)N=NC(=O)C2)CC1. The van der Waals surface area contributed by atoms with E-state index < -0.39 is 0 Å². The van der Waals surface area contributed by atoms with E-state index in [2.05, 4.69) is 20.3 Å². The summed E-state index contributed by atoms with van der Waals surface area (Å²) in [5.74, 6) is 0.676. The number of rotatable bonds is 5. The molecule has 8 heteroatoms. The van der Waals surface area contributed by atoms with E-state index in [9.17, 15) is 9.59 Å². The fourth-order valence-electron chi connectivity index (χ4n) is 3.98. The molecule has 2 amide bonds. The minimum absolute atomic E-state index is 0.131. The molecule has 0 atom stereocenters. The van der Waals surface area contributed by atoms with E-state index in [0.717, 1.165) is 34.0 Å². The summed E-state index contributed by atoms with van der Waals surface area (Å²) in [5, 5.41) is 11.9. The molecule has 30 heavy (non-hydrogen) atoms. The topological polar surface area (TPSA) is 91.4 Å². The van der Waals surface area contributed by atoms with Crippen LogP contribution in [0.25, 0.3) is 5.70 Å². The third-order valence-electron chi connectivity index (χ3n) is 5.68. The minimum atomic E-state index is -0.234. The minimum Gasteiger partial charge on any atom is -0.369 e. The van der Waals surface area contributed by atoms with Gasteiger partial charge < -0.3 is 14.3 Å². The van der Waals surface area contributed by atoms with E-state index in [1.807, 2.05) is 49.1 Å². The first-order valence-electron chi connectivity index (χ1n) is 10.2. The first-order chi connectivity index (χ1) is 14.5. The van der Waals surface area contributed by atoms with Crippen molar-refractivity contribution in [2.45, 2.75) is 33.1 Å². The van der Waals surface area contributed by atoms with Crippen molar-refractivity contribution in [3.05, 3.63) is 58.6 Å². The zero-order chi connectivity index (χ0) is 21.1. The normalized spacial score (nSPS) is 17.1. The van der Waals surface area contributed by atoms with Crippen molar-refractivity contribution < 1.29 is 14.1 Å². The number of hydrogen-bond acceptors (Lipinski definition) is 6. The van der Waals surface area contributed by atoms with Crippen molar-refractivity contribution in [3.8, 4) is 0 Å². The van der Waals surface area contributed by atoms with Crippen LogP contribution in [0.1, 0.15) is 35.4 Å². The van der Waals surface area contributed by atoms with Gasteiger partial charge in [0.15, 0.2) is 0 Å². The number of carbonyl (C=O) groups is 2. The Balaban J connectivity index is 1.40. The second-order valence-electron chi connectivity index (χ2n) is 7.60. The Hall–Kier alpha value is -3.29. The summed E-state index contributed by atoms with van der Waals surface area (Å²) in [5.41, 5.74) is 4.45. The van der Waals surface area contributed by atoms with Crippen LogP contribution in [0, 0.1) is 13.8 Å². The molecule has 0 unspecified atom stereocenters. The van der Waals surface area contributed by atoms with Crippen LogP contribution in [-0.4, -0.2) is 52.9 Å². The Labute approximate surface area is 175 Å². The number of aryl methyl sites for hydroxylation is 2. The van der Waals surface area contributed by atoms with Gasteiger partial charge in [0.05, 0.1) is 17.8 Å². The van der Waals surface area contributed by atoms with E-state index in [1.54, 1.807) is 0 Å². The molecular formula is C22H25N5O3. The predicted octanol–water partition coefficient (Wildman–Crippen LogP) is 3.12. The smallest absolute Gasteiger partial charge is 0.270 e. The van der Waals surface area contributed by atoms with Crippen LogP contribution in [0.3, 0.4) is 0 Å². The Morgan fingerprint density at radius 1 is 1.07 bits per heavy atom. The lowest BCUT2D eigenvalue weighted by Gasteiger charge is -2.38. The van der Waals surface area contributed by atoms with Gasteiger partial charge in [0, 0.05) is 43.7 Å². The second kappa shape index (κ2) is 8.61. The Kier molecular flexibility index (Phi) is 5.74. The molecule has 3 heterocycles. The van der Waals surface area contributed by atoms with Crippen molar-refractivity contribution in [2.75, 3.05) is 26.2 Å². The number of azo groups is 1. The van der Waals surface area contributed by atoms with Gasteiger partial charge in [-0.25, -0.2) is 0 Å². The molecule has 2 aliphatic heterocycles. The van der Waals surface area contributed by atoms with Crippen LogP contribution < -0.4 is 0 Å². The summed E-state index contributed by atoms with van der Waals surface area (Å²) >= 11 is 0. The molecular weight excluding hydrogens is 382 g/mol. The molecule has 0 radical (unpaired) electrons. The highest BCUT2D eigenvalue weighted by molar-refractivity contribution is 5.85. The zero-order valence-corrected chi connectivity index (χ0v) is 17.3. The number of amides is 2. The Morgan fingerprint density at radius 3 is 2.47 bits per heavy atom. The van der Waals surface area contributed by atoms with Gasteiger partial charge in [-0.15, -0.1) is 10.2 Å². The number of carbonyl (C=O) groups excluding carboxylic acids is 2. The van der Waals surface area contributed by atoms with Crippen LogP contribution in [0.2, 0.25) is 0 Å². The number of benzene rings is 1. The fourth-order valence-corrected chi connectivity index (χ4v) is 3.98. The average Bonchev–Trinajstić information content (AvgIpc) is 3.10. The third kappa shape index (κ3) is 4.17. The largest absolute Gasteiger partial charge is 0.369 e. The fraction of sp³-hybridized carbons (Fsp3) is 0.409. The standard InChI is InChI=1S/C22H25N5O3/c1-15-18(16(2)30-25-15)8-9-21(29)27-12-10-26(11-13-27)19-14-20(28)23-24-22(19)17-6-4-3-5-7-17/h3-7H,8-14H2,1-2H3. The van der Waals surface area contributed by atoms with Gasteiger partial charge in [-0.1, -0.05) is 35.5 Å². The Bertz CT molecular complexity index is 982. The highest BCUT2D eigenvalue weighted by Gasteiger charge is 2.28. The maximum atomic E-state index is 12.7. The van der Waals surface area contributed by atoms with Gasteiger partial charge in [0.25, 0.3) is 5.91 Å². The molecule has 1 aromatic heterocycles. The summed E-state index contributed by atoms with van der Waals surface area (Å²) in [6.45, 7) is 6.36. The zero-order valence-electron chi connectivity index (χ0n) is 17.3. The summed E-state index contributed by atoms with van der Waals surface area (Å²) < 4.78 is 5.18. The van der Waals surface area contributed by atoms with E-state index in [-0.39, 0.29) is 18.2 Å². The maximum absolute atomic E-state index is 12.7. The summed E-state index contributed by atoms with van der Waals surface area (Å²) in [7, 11) is 0. The van der Waals surface area contributed by atoms with Crippen LogP contribution in [0.15, 0.2) is 50.8 Å². The van der Waals surface area contributed by atoms with Crippen LogP contribution in [0.4, 0.5) is 0 Å². The number of hydrogen-bond donors (Lipinski definition) is 0. The van der Waals surface area contributed by atoms with Crippen LogP contribution >= 0.6 is 0 Å². The highest BCUT2D eigenvalue weighted by Crippen LogP contribution is 2.30. The third-order valence-corrected chi connectivity index (χ3v) is 5.68. The van der Waals surface area contributed by atoms with Gasteiger partial charge in [0.2, 0.25) is 5.91 Å². The van der Waals surface area contributed by atoms with E-state index in [4.69, 9.17) is 4.52 Å². The highest BCUT2D eigenvalue weighted by atomic mass is 16.5. The first kappa shape index (κ1) is 20.0. The summed E-state index contributed by atoms with van der Waals surface area (Å²) in [6, 6.07) is 9.78. The molecule has 0 N–H and O–H groups in total. The molecule has 0 aliphatic carbocycles. The van der Waals surface area contributed by atoms with Crippen molar-refractivity contribution in [3.63, 3.8) is 0 Å². The Morgan fingerprint density at radius 2 is 1.80 bits per heavy atom. The maximum Gasteiger partial charge on any atom is 0.270 e. The van der Waals surface area contributed by atoms with E-state index in [0.29, 0.717) is 39.0 Å². The van der Waals surface area contributed by atoms with Gasteiger partial charge >= 0.3 is 0 Å². The van der Waals surface area contributed by atoms with Crippen molar-refractivity contribution >= 4 is 17.5 Å². The molecule has 2 aliphatic rings. The molecule has 0 spiro atoms. The number of piperazine rings is 1. The summed E-state index contributed by atoms with van der Waals surface area (Å²) in [4.78, 5) is 28.7. The molecule has 8 nitrogen and oxygen atoms in total. The van der Waals surface area contributed by atoms with Crippen molar-refractivity contribution in [1.29, 1.82) is 0 Å². The quantitative estimate of drug-likeness (QED) is 0.759. The number of aromatic nitrogens is 1. The lowest BCUT2D eigenvalue weighted by molar-refractivity contribution is -0.132. The molecule has 1 saturated heterocycles. The average molecular weight is 407 g/mol. The lowest BCUT2D eigenvalue weighted by Crippen LogP contribution is -2.48. The molecule has 156 valence electrons. The monoisotopic (exact) mass is 407 g/mol. The van der Waals surface area contributed by atoms with Gasteiger partial charge in [-0.3, -0.25) is 9.59 Å². The molecule has 2 aromatic rings. The molecule has 0 saturated carbocycles. The molecule has 4 rings (SSSR count). The first-order valence-corrected chi connectivity index (χ1v) is 10.2. The lowest BCUT2D eigenvalue weighted by atomic mass is 10.1. The molecule has 0 bridgehead atoms. The van der Waals surface area contributed by atoms with Crippen molar-refractivity contribution in [1.82, 2.24) is 15.0 Å².